The number of rotatable bonds is 2. The lowest BCUT2D eigenvalue weighted by atomic mass is 9.86. The summed E-state index contributed by atoms with van der Waals surface area (Å²) in [5.41, 5.74) is 9.39. The number of hydrogen-bond acceptors (Lipinski definition) is 2. The van der Waals surface area contributed by atoms with E-state index in [9.17, 15) is 0 Å². The van der Waals surface area contributed by atoms with Crippen LogP contribution in [0.25, 0.3) is 0 Å². The minimum atomic E-state index is 0.211. The molecule has 1 aromatic carbocycles. The molecule has 3 heteroatoms. The van der Waals surface area contributed by atoms with Gasteiger partial charge in [-0.1, -0.05) is 18.5 Å². The van der Waals surface area contributed by atoms with E-state index in [-0.39, 0.29) is 5.54 Å². The summed E-state index contributed by atoms with van der Waals surface area (Å²) in [5.74, 6) is 0. The fourth-order valence-corrected chi connectivity index (χ4v) is 2.78. The Kier molecular flexibility index (Phi) is 3.26. The van der Waals surface area contributed by atoms with Crippen molar-refractivity contribution in [2.24, 2.45) is 0 Å². The summed E-state index contributed by atoms with van der Waals surface area (Å²) in [6, 6.07) is 4.07. The number of fused-ring (bicyclic) bond motifs is 1. The Hall–Kier alpha value is -0.890. The van der Waals surface area contributed by atoms with Crippen molar-refractivity contribution >= 4 is 23.0 Å². The van der Waals surface area contributed by atoms with Gasteiger partial charge in [-0.2, -0.15) is 0 Å². The van der Waals surface area contributed by atoms with Crippen molar-refractivity contribution in [3.63, 3.8) is 0 Å². The van der Waals surface area contributed by atoms with Crippen molar-refractivity contribution in [3.05, 3.63) is 22.7 Å². The molecule has 2 nitrogen and oxygen atoms in total. The highest BCUT2D eigenvalue weighted by Gasteiger charge is 2.32. The van der Waals surface area contributed by atoms with E-state index in [0.29, 0.717) is 10.7 Å². The average molecular weight is 253 g/mol. The molecule has 2 rings (SSSR count). The van der Waals surface area contributed by atoms with E-state index in [1.54, 1.807) is 0 Å². The van der Waals surface area contributed by atoms with Gasteiger partial charge in [0.2, 0.25) is 0 Å². The van der Waals surface area contributed by atoms with Gasteiger partial charge in [-0.05, 0) is 50.8 Å². The molecule has 0 aromatic heterocycles. The van der Waals surface area contributed by atoms with Gasteiger partial charge < -0.3 is 10.6 Å². The van der Waals surface area contributed by atoms with Crippen molar-refractivity contribution in [1.82, 2.24) is 0 Å². The molecule has 0 saturated carbocycles. The Morgan fingerprint density at radius 3 is 2.76 bits per heavy atom. The predicted octanol–water partition coefficient (Wildman–Crippen LogP) is 3.86. The molecule has 0 fully saturated rings. The van der Waals surface area contributed by atoms with E-state index in [1.807, 2.05) is 12.1 Å². The van der Waals surface area contributed by atoms with Crippen LogP contribution in [0.1, 0.15) is 39.2 Å². The fraction of sp³-hybridized carbons (Fsp3) is 0.571. The first-order valence-corrected chi connectivity index (χ1v) is 6.69. The largest absolute Gasteiger partial charge is 0.398 e. The molecular weight excluding hydrogens is 232 g/mol. The summed E-state index contributed by atoms with van der Waals surface area (Å²) in [7, 11) is 0. The van der Waals surface area contributed by atoms with E-state index in [0.717, 1.165) is 19.4 Å². The van der Waals surface area contributed by atoms with E-state index in [2.05, 4.69) is 25.7 Å². The molecule has 0 radical (unpaired) electrons. The summed E-state index contributed by atoms with van der Waals surface area (Å²) in [4.78, 5) is 2.47. The van der Waals surface area contributed by atoms with E-state index >= 15 is 0 Å². The Morgan fingerprint density at radius 1 is 1.41 bits per heavy atom. The first-order valence-electron chi connectivity index (χ1n) is 6.31. The van der Waals surface area contributed by atoms with Crippen molar-refractivity contribution in [3.8, 4) is 0 Å². The molecule has 0 aliphatic carbocycles. The maximum Gasteiger partial charge on any atom is 0.0656 e. The van der Waals surface area contributed by atoms with Crippen molar-refractivity contribution in [2.75, 3.05) is 17.2 Å². The summed E-state index contributed by atoms with van der Waals surface area (Å²) in [6.07, 6.45) is 3.40. The SMILES string of the molecule is CCCN1c2cc(Cl)c(N)cc2CCC1(C)C. The standard InChI is InChI=1S/C14H21ClN2/c1-4-7-17-13-9-11(15)12(16)8-10(13)5-6-14(17,2)3/h8-9H,4-7,16H2,1-3H3. The molecule has 0 unspecified atom stereocenters. The summed E-state index contributed by atoms with van der Waals surface area (Å²) in [6.45, 7) is 7.88. The molecule has 0 saturated heterocycles. The summed E-state index contributed by atoms with van der Waals surface area (Å²) >= 11 is 6.15. The second-order valence-electron chi connectivity index (χ2n) is 5.47. The molecule has 0 bridgehead atoms. The zero-order valence-corrected chi connectivity index (χ0v) is 11.6. The normalized spacial score (nSPS) is 18.0. The fourth-order valence-electron chi connectivity index (χ4n) is 2.63. The zero-order valence-electron chi connectivity index (χ0n) is 10.9. The van der Waals surface area contributed by atoms with Gasteiger partial charge in [0.15, 0.2) is 0 Å². The maximum absolute atomic E-state index is 6.15. The number of nitrogens with two attached hydrogens (primary N) is 1. The minimum Gasteiger partial charge on any atom is -0.398 e. The number of nitrogen functional groups attached to an aromatic ring is 1. The molecule has 1 aromatic rings. The molecule has 1 aliphatic rings. The third-order valence-corrected chi connectivity index (χ3v) is 4.00. The van der Waals surface area contributed by atoms with Gasteiger partial charge in [0.1, 0.15) is 0 Å². The van der Waals surface area contributed by atoms with Crippen LogP contribution in [0.3, 0.4) is 0 Å². The number of anilines is 2. The highest BCUT2D eigenvalue weighted by Crippen LogP contribution is 2.40. The van der Waals surface area contributed by atoms with E-state index < -0.39 is 0 Å². The molecule has 94 valence electrons. The van der Waals surface area contributed by atoms with E-state index in [4.69, 9.17) is 17.3 Å². The summed E-state index contributed by atoms with van der Waals surface area (Å²) < 4.78 is 0. The molecule has 17 heavy (non-hydrogen) atoms. The lowest BCUT2D eigenvalue weighted by Crippen LogP contribution is -2.47. The van der Waals surface area contributed by atoms with Crippen LogP contribution < -0.4 is 10.6 Å². The molecule has 2 N–H and O–H groups in total. The van der Waals surface area contributed by atoms with Crippen LogP contribution >= 0.6 is 11.6 Å². The van der Waals surface area contributed by atoms with Crippen LogP contribution in [-0.4, -0.2) is 12.1 Å². The monoisotopic (exact) mass is 252 g/mol. The van der Waals surface area contributed by atoms with Crippen LogP contribution in [-0.2, 0) is 6.42 Å². The van der Waals surface area contributed by atoms with Crippen molar-refractivity contribution < 1.29 is 0 Å². The van der Waals surface area contributed by atoms with Gasteiger partial charge in [-0.3, -0.25) is 0 Å². The topological polar surface area (TPSA) is 29.3 Å². The average Bonchev–Trinajstić information content (AvgIpc) is 2.26. The van der Waals surface area contributed by atoms with Crippen LogP contribution in [0, 0.1) is 0 Å². The van der Waals surface area contributed by atoms with E-state index in [1.165, 1.54) is 17.7 Å². The number of hydrogen-bond donors (Lipinski definition) is 1. The molecule has 0 spiro atoms. The summed E-state index contributed by atoms with van der Waals surface area (Å²) in [5, 5.41) is 0.669. The quantitative estimate of drug-likeness (QED) is 0.810. The second kappa shape index (κ2) is 4.41. The van der Waals surface area contributed by atoms with Gasteiger partial charge in [-0.15, -0.1) is 0 Å². The number of aryl methyl sites for hydroxylation is 1. The Labute approximate surface area is 109 Å². The first-order chi connectivity index (χ1) is 7.95. The van der Waals surface area contributed by atoms with Gasteiger partial charge in [0, 0.05) is 17.8 Å². The van der Waals surface area contributed by atoms with Crippen LogP contribution in [0.15, 0.2) is 12.1 Å². The number of halogens is 1. The molecule has 0 atom stereocenters. The van der Waals surface area contributed by atoms with Gasteiger partial charge in [0.25, 0.3) is 0 Å². The smallest absolute Gasteiger partial charge is 0.0656 e. The van der Waals surface area contributed by atoms with Gasteiger partial charge in [0.05, 0.1) is 10.7 Å². The van der Waals surface area contributed by atoms with Gasteiger partial charge >= 0.3 is 0 Å². The Balaban J connectivity index is 2.48. The highest BCUT2D eigenvalue weighted by atomic mass is 35.5. The molecule has 1 aliphatic heterocycles. The highest BCUT2D eigenvalue weighted by molar-refractivity contribution is 6.33. The minimum absolute atomic E-state index is 0.211. The zero-order chi connectivity index (χ0) is 12.6. The predicted molar refractivity (Wildman–Crippen MR) is 75.9 cm³/mol. The van der Waals surface area contributed by atoms with Crippen molar-refractivity contribution in [2.45, 2.75) is 45.6 Å². The van der Waals surface area contributed by atoms with Gasteiger partial charge in [-0.25, -0.2) is 0 Å². The third-order valence-electron chi connectivity index (χ3n) is 3.67. The number of nitrogens with zero attached hydrogens (tertiary/aromatic N) is 1. The Bertz CT molecular complexity index is 426. The molecular formula is C14H21ClN2. The Morgan fingerprint density at radius 2 is 2.12 bits per heavy atom. The molecule has 0 amide bonds. The third kappa shape index (κ3) is 2.23. The first kappa shape index (κ1) is 12.6. The lowest BCUT2D eigenvalue weighted by Gasteiger charge is -2.45. The molecule has 1 heterocycles. The number of benzene rings is 1. The van der Waals surface area contributed by atoms with Crippen LogP contribution in [0.5, 0.6) is 0 Å². The lowest BCUT2D eigenvalue weighted by molar-refractivity contribution is 0.408. The second-order valence-corrected chi connectivity index (χ2v) is 5.87. The van der Waals surface area contributed by atoms with Crippen molar-refractivity contribution in [1.29, 1.82) is 0 Å². The maximum atomic E-state index is 6.15. The van der Waals surface area contributed by atoms with Crippen LogP contribution in [0.2, 0.25) is 5.02 Å². The van der Waals surface area contributed by atoms with Crippen LogP contribution in [0.4, 0.5) is 11.4 Å².